The number of nitrogens with zero attached hydrogens (tertiary/aromatic N) is 2. The molecule has 1 atom stereocenters. The molecule has 3 N–H and O–H groups in total. The molecule has 0 saturated carbocycles. The molecular formula is C20H21FN4O. The third kappa shape index (κ3) is 2.76. The lowest BCUT2D eigenvalue weighted by atomic mass is 9.76. The maximum Gasteiger partial charge on any atom is 0.250 e. The molecule has 0 unspecified atom stereocenters. The van der Waals surface area contributed by atoms with E-state index in [4.69, 9.17) is 5.73 Å². The first-order chi connectivity index (χ1) is 12.5. The molecule has 1 aliphatic rings. The number of primary amides is 1. The van der Waals surface area contributed by atoms with Crippen molar-refractivity contribution in [1.82, 2.24) is 15.1 Å². The van der Waals surface area contributed by atoms with Crippen LogP contribution in [0.25, 0.3) is 16.6 Å². The summed E-state index contributed by atoms with van der Waals surface area (Å²) in [5, 5.41) is 8.58. The number of amides is 1. The topological polar surface area (TPSA) is 72.9 Å². The highest BCUT2D eigenvalue weighted by atomic mass is 19.1. The van der Waals surface area contributed by atoms with Gasteiger partial charge in [-0.25, -0.2) is 9.07 Å². The minimum atomic E-state index is -0.528. The Kier molecular flexibility index (Phi) is 4.00. The van der Waals surface area contributed by atoms with Gasteiger partial charge in [-0.15, -0.1) is 0 Å². The van der Waals surface area contributed by atoms with Gasteiger partial charge in [0.2, 0.25) is 0 Å². The van der Waals surface area contributed by atoms with E-state index in [9.17, 15) is 9.18 Å². The molecule has 1 fully saturated rings. The molecule has 2 heterocycles. The highest BCUT2D eigenvalue weighted by Gasteiger charge is 2.31. The normalized spacial score (nSPS) is 20.4. The zero-order chi connectivity index (χ0) is 18.3. The zero-order valence-corrected chi connectivity index (χ0v) is 14.6. The number of hydrogen-bond acceptors (Lipinski definition) is 3. The van der Waals surface area contributed by atoms with Crippen molar-refractivity contribution >= 4 is 16.8 Å². The van der Waals surface area contributed by atoms with Crippen LogP contribution in [0.1, 0.15) is 35.7 Å². The van der Waals surface area contributed by atoms with Crippen molar-refractivity contribution in [1.29, 1.82) is 0 Å². The molecule has 0 aliphatic carbocycles. The van der Waals surface area contributed by atoms with E-state index in [2.05, 4.69) is 17.3 Å². The standard InChI is InChI=1S/C20H21FN4O/c1-20(8-3-9-23-12-20)16-7-6-14(10-17(16)21)25-11-13-4-2-5-15(19(22)26)18(13)24-25/h2,4-7,10-11,23H,3,8-9,12H2,1H3,(H2,22,26)/t20-/m1/s1. The highest BCUT2D eigenvalue weighted by molar-refractivity contribution is 6.04. The summed E-state index contributed by atoms with van der Waals surface area (Å²) < 4.78 is 16.5. The molecule has 26 heavy (non-hydrogen) atoms. The summed E-state index contributed by atoms with van der Waals surface area (Å²) >= 11 is 0. The van der Waals surface area contributed by atoms with Crippen LogP contribution in [0.15, 0.2) is 42.6 Å². The number of fused-ring (bicyclic) bond motifs is 1. The summed E-state index contributed by atoms with van der Waals surface area (Å²) in [6.45, 7) is 3.85. The molecule has 6 heteroatoms. The lowest BCUT2D eigenvalue weighted by Gasteiger charge is -2.35. The molecule has 3 aromatic rings. The zero-order valence-electron chi connectivity index (χ0n) is 14.6. The number of carbonyl (C=O) groups excluding carboxylic acids is 1. The molecule has 5 nitrogen and oxygen atoms in total. The average molecular weight is 352 g/mol. The van der Waals surface area contributed by atoms with Gasteiger partial charge >= 0.3 is 0 Å². The number of carbonyl (C=O) groups is 1. The Morgan fingerprint density at radius 2 is 2.19 bits per heavy atom. The van der Waals surface area contributed by atoms with Crippen LogP contribution in [0, 0.1) is 5.82 Å². The van der Waals surface area contributed by atoms with E-state index >= 15 is 0 Å². The van der Waals surface area contributed by atoms with Gasteiger partial charge in [-0.2, -0.15) is 5.10 Å². The smallest absolute Gasteiger partial charge is 0.250 e. The molecular weight excluding hydrogens is 331 g/mol. The number of nitrogens with one attached hydrogen (secondary N) is 1. The fourth-order valence-electron chi connectivity index (χ4n) is 3.80. The minimum absolute atomic E-state index is 0.200. The molecule has 1 aliphatic heterocycles. The second-order valence-electron chi connectivity index (χ2n) is 7.19. The summed E-state index contributed by atoms with van der Waals surface area (Å²) in [4.78, 5) is 11.6. The summed E-state index contributed by atoms with van der Waals surface area (Å²) in [6, 6.07) is 10.5. The van der Waals surface area contributed by atoms with Crippen LogP contribution in [-0.4, -0.2) is 28.8 Å². The van der Waals surface area contributed by atoms with E-state index in [0.717, 1.165) is 36.9 Å². The van der Waals surface area contributed by atoms with Crippen molar-refractivity contribution in [2.45, 2.75) is 25.2 Å². The Labute approximate surface area is 151 Å². The van der Waals surface area contributed by atoms with Gasteiger partial charge in [0.1, 0.15) is 11.3 Å². The maximum atomic E-state index is 14.9. The number of halogens is 1. The Morgan fingerprint density at radius 3 is 2.88 bits per heavy atom. The van der Waals surface area contributed by atoms with Gasteiger partial charge in [0.05, 0.1) is 11.3 Å². The lowest BCUT2D eigenvalue weighted by Crippen LogP contribution is -2.41. The van der Waals surface area contributed by atoms with Crippen molar-refractivity contribution in [3.8, 4) is 5.69 Å². The Bertz CT molecular complexity index is 989. The van der Waals surface area contributed by atoms with Crippen LogP contribution >= 0.6 is 0 Å². The predicted molar refractivity (Wildman–Crippen MR) is 99.0 cm³/mol. The summed E-state index contributed by atoms with van der Waals surface area (Å²) in [7, 11) is 0. The third-order valence-electron chi connectivity index (χ3n) is 5.27. The second kappa shape index (κ2) is 6.21. The first kappa shape index (κ1) is 16.7. The summed E-state index contributed by atoms with van der Waals surface area (Å²) in [5.74, 6) is -0.761. The maximum absolute atomic E-state index is 14.9. The Morgan fingerprint density at radius 1 is 1.35 bits per heavy atom. The monoisotopic (exact) mass is 352 g/mol. The average Bonchev–Trinajstić information content (AvgIpc) is 3.06. The first-order valence-electron chi connectivity index (χ1n) is 8.77. The van der Waals surface area contributed by atoms with Gasteiger partial charge in [-0.05, 0) is 43.1 Å². The van der Waals surface area contributed by atoms with E-state index in [1.54, 1.807) is 23.0 Å². The number of benzene rings is 2. The first-order valence-corrected chi connectivity index (χ1v) is 8.77. The SMILES string of the molecule is C[C@@]1(c2ccc(-n3cc4cccc(C(N)=O)c4n3)cc2F)CCCNC1. The third-order valence-corrected chi connectivity index (χ3v) is 5.27. The highest BCUT2D eigenvalue weighted by Crippen LogP contribution is 2.33. The van der Waals surface area contributed by atoms with E-state index in [1.165, 1.54) is 6.07 Å². The fraction of sp³-hybridized carbons (Fsp3) is 0.300. The number of piperidine rings is 1. The van der Waals surface area contributed by atoms with Gasteiger partial charge in [0.25, 0.3) is 5.91 Å². The van der Waals surface area contributed by atoms with E-state index in [-0.39, 0.29) is 11.2 Å². The van der Waals surface area contributed by atoms with Gasteiger partial charge < -0.3 is 11.1 Å². The van der Waals surface area contributed by atoms with E-state index < -0.39 is 5.91 Å². The van der Waals surface area contributed by atoms with Gasteiger partial charge in [0.15, 0.2) is 0 Å². The molecule has 0 bridgehead atoms. The summed E-state index contributed by atoms with van der Waals surface area (Å²) in [5.41, 5.74) is 7.44. The van der Waals surface area contributed by atoms with Crippen molar-refractivity contribution < 1.29 is 9.18 Å². The van der Waals surface area contributed by atoms with Gasteiger partial charge in [-0.3, -0.25) is 4.79 Å². The Balaban J connectivity index is 1.75. The number of aromatic nitrogens is 2. The largest absolute Gasteiger partial charge is 0.366 e. The van der Waals surface area contributed by atoms with Crippen LogP contribution in [-0.2, 0) is 5.41 Å². The number of hydrogen-bond donors (Lipinski definition) is 2. The molecule has 0 radical (unpaired) electrons. The molecule has 134 valence electrons. The fourth-order valence-corrected chi connectivity index (χ4v) is 3.80. The number of rotatable bonds is 3. The molecule has 0 spiro atoms. The second-order valence-corrected chi connectivity index (χ2v) is 7.19. The lowest BCUT2D eigenvalue weighted by molar-refractivity contribution is 0.100. The Hall–Kier alpha value is -2.73. The van der Waals surface area contributed by atoms with Crippen molar-refractivity contribution in [2.75, 3.05) is 13.1 Å². The molecule has 1 saturated heterocycles. The van der Waals surface area contributed by atoms with Crippen LogP contribution in [0.2, 0.25) is 0 Å². The van der Waals surface area contributed by atoms with Crippen LogP contribution in [0.3, 0.4) is 0 Å². The summed E-state index contributed by atoms with van der Waals surface area (Å²) in [6.07, 6.45) is 3.78. The predicted octanol–water partition coefficient (Wildman–Crippen LogP) is 2.90. The molecule has 2 aromatic carbocycles. The minimum Gasteiger partial charge on any atom is -0.366 e. The molecule has 4 rings (SSSR count). The van der Waals surface area contributed by atoms with Crippen molar-refractivity contribution in [3.05, 3.63) is 59.5 Å². The van der Waals surface area contributed by atoms with Gasteiger partial charge in [0, 0.05) is 23.5 Å². The van der Waals surface area contributed by atoms with Crippen LogP contribution < -0.4 is 11.1 Å². The molecule has 1 aromatic heterocycles. The van der Waals surface area contributed by atoms with Crippen LogP contribution in [0.5, 0.6) is 0 Å². The van der Waals surface area contributed by atoms with Crippen LogP contribution in [0.4, 0.5) is 4.39 Å². The van der Waals surface area contributed by atoms with Crippen molar-refractivity contribution in [2.24, 2.45) is 5.73 Å². The number of nitrogens with two attached hydrogens (primary N) is 1. The molecule has 1 amide bonds. The quantitative estimate of drug-likeness (QED) is 0.761. The van der Waals surface area contributed by atoms with Gasteiger partial charge in [-0.1, -0.05) is 25.1 Å². The van der Waals surface area contributed by atoms with Crippen molar-refractivity contribution in [3.63, 3.8) is 0 Å². The van der Waals surface area contributed by atoms with E-state index in [0.29, 0.717) is 16.8 Å². The van der Waals surface area contributed by atoms with E-state index in [1.807, 2.05) is 18.2 Å².